The molecule has 2 aliphatic heterocycles. The molecule has 1 amide bonds. The largest absolute Gasteiger partial charge is 0.503 e. The molecule has 1 aromatic heterocycles. The molecule has 34 heteroatoms. The number of aliphatic hydroxyl groups is 1. The molecule has 3 heterocycles. The van der Waals surface area contributed by atoms with Gasteiger partial charge >= 0.3 is 35.1 Å². The van der Waals surface area contributed by atoms with Crippen LogP contribution in [0.5, 0.6) is 17.2 Å². The van der Waals surface area contributed by atoms with Gasteiger partial charge in [-0.25, -0.2) is 23.3 Å². The second-order valence-corrected chi connectivity index (χ2v) is 21.5. The summed E-state index contributed by atoms with van der Waals surface area (Å²) >= 11 is 13.0. The first-order valence-electron chi connectivity index (χ1n) is 21.8. The van der Waals surface area contributed by atoms with Gasteiger partial charge in [-0.2, -0.15) is 8.62 Å². The number of carboxylic acids is 1. The highest BCUT2D eigenvalue weighted by Crippen LogP contribution is 2.66. The average molecular weight is 1190 g/mol. The van der Waals surface area contributed by atoms with Gasteiger partial charge in [0.15, 0.2) is 28.6 Å². The zero-order valence-electron chi connectivity index (χ0n) is 39.8. The van der Waals surface area contributed by atoms with Crippen molar-refractivity contribution < 1.29 is 99.6 Å². The average Bonchev–Trinajstić information content (AvgIpc) is 3.76. The first kappa shape index (κ1) is 58.9. The Morgan fingerprint density at radius 1 is 0.974 bits per heavy atom. The van der Waals surface area contributed by atoms with Gasteiger partial charge in [-0.15, -0.1) is 0 Å². The molecular formula is C44H39Cl2N4O25P3. The number of phosphoric ester groups is 1. The van der Waals surface area contributed by atoms with E-state index in [1.54, 1.807) is 0 Å². The van der Waals surface area contributed by atoms with Crippen LogP contribution in [0.1, 0.15) is 63.1 Å². The van der Waals surface area contributed by atoms with E-state index in [4.69, 9.17) is 56.4 Å². The molecule has 0 saturated carbocycles. The topological polar surface area (TPSA) is 432 Å². The number of halogens is 2. The molecule has 3 aromatic carbocycles. The molecule has 1 aliphatic carbocycles. The van der Waals surface area contributed by atoms with Crippen LogP contribution < -0.4 is 31.5 Å². The van der Waals surface area contributed by atoms with Crippen molar-refractivity contribution >= 4 is 75.2 Å². The van der Waals surface area contributed by atoms with Gasteiger partial charge < -0.3 is 63.6 Å². The number of nitrogens with one attached hydrogen (secondary N) is 2. The van der Waals surface area contributed by atoms with Gasteiger partial charge in [0.1, 0.15) is 22.4 Å². The van der Waals surface area contributed by atoms with Gasteiger partial charge in [0, 0.05) is 46.3 Å². The number of aromatic nitrogens is 2. The van der Waals surface area contributed by atoms with Crippen molar-refractivity contribution in [2.24, 2.45) is 0 Å². The third-order valence-electron chi connectivity index (χ3n) is 11.4. The second kappa shape index (κ2) is 23.3. The van der Waals surface area contributed by atoms with E-state index in [1.807, 2.05) is 4.98 Å². The van der Waals surface area contributed by atoms with E-state index in [2.05, 4.69) is 30.3 Å². The number of carbonyl (C=O) groups excluding carboxylic acids is 1. The lowest BCUT2D eigenvalue weighted by atomic mass is 9.89. The SMILES string of the molecule is COc1cc2c(-c3cc(C(=O)NCC#Cc4ccc(C(C)OCc5cn([C@H]6CC(O)[C@@H](COP(=O)(O)OP(=O)(O)OP(=O)(O)O)O6)c(=O)[nH]c5=O)c([N+](=O)[O-])c4)ccc3C(=O)O)c3cc(OC)c(=O)c(Cl)c-3oc2c(Cl)c1O. The number of ether oxygens (including phenoxy) is 4. The lowest BCUT2D eigenvalue weighted by molar-refractivity contribution is -0.386. The summed E-state index contributed by atoms with van der Waals surface area (Å²) in [5.74, 6) is 2.02. The number of H-pyrrole nitrogens is 1. The number of phenolic OH excluding ortho intramolecular Hbond substituents is 1. The number of aromatic hydroxyl groups is 1. The number of fused-ring (bicyclic) bond motifs is 2. The number of carboxylic acid groups (broad SMARTS) is 1. The fraction of sp³-hybridized carbons (Fsp3) is 0.250. The number of aromatic carboxylic acids is 1. The van der Waals surface area contributed by atoms with E-state index in [0.29, 0.717) is 0 Å². The number of carbonyl (C=O) groups is 2. The zero-order valence-corrected chi connectivity index (χ0v) is 44.0. The minimum atomic E-state index is -5.85. The maximum atomic E-state index is 13.6. The normalized spacial score (nSPS) is 17.4. The molecule has 78 heavy (non-hydrogen) atoms. The van der Waals surface area contributed by atoms with Gasteiger partial charge in [-0.05, 0) is 55.0 Å². The van der Waals surface area contributed by atoms with Gasteiger partial charge in [-0.3, -0.25) is 38.6 Å². The number of aromatic amines is 1. The molecule has 3 aliphatic rings. The Bertz CT molecular complexity index is 3790. The van der Waals surface area contributed by atoms with Crippen molar-refractivity contribution in [3.05, 3.63) is 134 Å². The molecule has 9 N–H and O–H groups in total. The summed E-state index contributed by atoms with van der Waals surface area (Å²) in [6, 6.07) is 10.0. The van der Waals surface area contributed by atoms with E-state index in [0.717, 1.165) is 22.9 Å². The van der Waals surface area contributed by atoms with Gasteiger partial charge in [0.25, 0.3) is 17.2 Å². The monoisotopic (exact) mass is 1190 g/mol. The summed E-state index contributed by atoms with van der Waals surface area (Å²) < 4.78 is 75.0. The third kappa shape index (κ3) is 13.0. The molecule has 0 radical (unpaired) electrons. The maximum absolute atomic E-state index is 13.6. The van der Waals surface area contributed by atoms with Crippen molar-refractivity contribution in [2.45, 2.75) is 44.5 Å². The lowest BCUT2D eigenvalue weighted by Crippen LogP contribution is -2.34. The van der Waals surface area contributed by atoms with Gasteiger partial charge in [-0.1, -0.05) is 35.0 Å². The van der Waals surface area contributed by atoms with Crippen LogP contribution in [-0.2, 0) is 42.9 Å². The molecule has 414 valence electrons. The van der Waals surface area contributed by atoms with Crippen LogP contribution in [0.2, 0.25) is 10.0 Å². The Morgan fingerprint density at radius 3 is 2.33 bits per heavy atom. The molecule has 4 aromatic rings. The number of amides is 1. The number of methoxy groups -OCH3 is 2. The van der Waals surface area contributed by atoms with Gasteiger partial charge in [0.05, 0.1) is 67.8 Å². The molecule has 1 fully saturated rings. The summed E-state index contributed by atoms with van der Waals surface area (Å²) in [6.45, 7) is -0.527. The summed E-state index contributed by atoms with van der Waals surface area (Å²) in [6.07, 6.45) is -4.94. The number of hydrogen-bond donors (Lipinski definition) is 9. The van der Waals surface area contributed by atoms with E-state index < -0.39 is 118 Å². The Hall–Kier alpha value is -6.80. The number of nitrogens with zero attached hydrogens (tertiary/aromatic N) is 2. The highest BCUT2D eigenvalue weighted by Gasteiger charge is 2.43. The Balaban J connectivity index is 1.05. The van der Waals surface area contributed by atoms with Crippen LogP contribution in [0.3, 0.4) is 0 Å². The van der Waals surface area contributed by atoms with Gasteiger partial charge in [0.2, 0.25) is 5.43 Å². The summed E-state index contributed by atoms with van der Waals surface area (Å²) in [5.41, 5.74) is -3.95. The first-order chi connectivity index (χ1) is 36.5. The fourth-order valence-electron chi connectivity index (χ4n) is 7.84. The predicted molar refractivity (Wildman–Crippen MR) is 267 cm³/mol. The molecule has 4 unspecified atom stereocenters. The van der Waals surface area contributed by atoms with E-state index >= 15 is 0 Å². The number of rotatable bonds is 19. The summed E-state index contributed by atoms with van der Waals surface area (Å²) in [5, 5.41) is 45.7. The number of phosphoric acid groups is 3. The maximum Gasteiger partial charge on any atom is 0.490 e. The third-order valence-corrected chi connectivity index (χ3v) is 15.9. The number of hydrogen-bond acceptors (Lipinski definition) is 20. The Kier molecular flexibility index (Phi) is 17.6. The molecule has 0 spiro atoms. The zero-order chi connectivity index (χ0) is 57.3. The highest BCUT2D eigenvalue weighted by atomic mass is 35.5. The summed E-state index contributed by atoms with van der Waals surface area (Å²) in [4.78, 5) is 115. The number of aliphatic hydroxyl groups excluding tert-OH is 1. The number of phenols is 1. The smallest absolute Gasteiger partial charge is 0.490 e. The molecule has 1 saturated heterocycles. The molecule has 6 atom stereocenters. The van der Waals surface area contributed by atoms with Crippen molar-refractivity contribution in [1.29, 1.82) is 0 Å². The quantitative estimate of drug-likeness (QED) is 0.0167. The Labute approximate surface area is 445 Å². The van der Waals surface area contributed by atoms with Crippen molar-refractivity contribution in [2.75, 3.05) is 27.4 Å². The number of nitro groups is 1. The predicted octanol–water partition coefficient (Wildman–Crippen LogP) is 5.10. The fourth-order valence-corrected chi connectivity index (χ4v) is 11.3. The second-order valence-electron chi connectivity index (χ2n) is 16.4. The first-order valence-corrected chi connectivity index (χ1v) is 27.0. The molecular weight excluding hydrogens is 1150 g/mol. The van der Waals surface area contributed by atoms with E-state index in [-0.39, 0.29) is 84.3 Å². The van der Waals surface area contributed by atoms with Crippen LogP contribution in [0.4, 0.5) is 5.69 Å². The van der Waals surface area contributed by atoms with Crippen molar-refractivity contribution in [1.82, 2.24) is 14.9 Å². The number of nitro benzene ring substituents is 1. The van der Waals surface area contributed by atoms with Crippen LogP contribution in [-0.4, -0.2) is 101 Å². The molecule has 7 rings (SSSR count). The minimum Gasteiger partial charge on any atom is -0.503 e. The highest BCUT2D eigenvalue weighted by molar-refractivity contribution is 7.66. The van der Waals surface area contributed by atoms with Crippen molar-refractivity contribution in [3.63, 3.8) is 0 Å². The van der Waals surface area contributed by atoms with E-state index in [1.165, 1.54) is 57.5 Å². The Morgan fingerprint density at radius 2 is 1.68 bits per heavy atom. The van der Waals surface area contributed by atoms with Crippen molar-refractivity contribution in [3.8, 4) is 51.5 Å². The lowest BCUT2D eigenvalue weighted by Gasteiger charge is -2.20. The number of benzene rings is 4. The standard InChI is InChI=1S/C44H39Cl2N4O25P3/c1-19(70-17-22-16-49(44(58)48-42(22)55)33-15-29(51)32(72-33)18-71-77(64,65)75-78(66,67)74-76(61,62)63)23-8-6-20(11-28(23)50(59)60)5-4-10-47-41(54)21-7-9-24(43(56)57)25(12-21)34-26-13-30(68-2)37(52)35(45)39(26)73-40-27(34)14-31(69-3)38(53)36(40)46/h6-9,11-14,16,19,29,32-33,51-52H,10,15,17-18H2,1-3H3,(H,47,54)(H,56,57)(H,64,65)(H,66,67)(H,48,55,58)(H2,61,62,63)/t19?,29?,32-,33-/m1/s1. The van der Waals surface area contributed by atoms with Crippen LogP contribution in [0.15, 0.2) is 73.5 Å². The van der Waals surface area contributed by atoms with Crippen LogP contribution in [0, 0.1) is 22.0 Å². The molecule has 29 nitrogen and oxygen atoms in total. The van der Waals surface area contributed by atoms with E-state index in [9.17, 15) is 72.9 Å². The van der Waals surface area contributed by atoms with Crippen LogP contribution in [0.25, 0.3) is 33.4 Å². The minimum absolute atomic E-state index is 0.0182. The summed E-state index contributed by atoms with van der Waals surface area (Å²) in [7, 11) is -14.7. The van der Waals surface area contributed by atoms with Crippen LogP contribution >= 0.6 is 46.7 Å². The molecule has 0 bridgehead atoms.